The van der Waals surface area contributed by atoms with E-state index >= 15 is 0 Å². The van der Waals surface area contributed by atoms with Crippen molar-refractivity contribution >= 4 is 15.7 Å². The van der Waals surface area contributed by atoms with Crippen LogP contribution >= 0.6 is 0 Å². The zero-order valence-corrected chi connectivity index (χ0v) is 11.9. The van der Waals surface area contributed by atoms with Gasteiger partial charge >= 0.3 is 0 Å². The summed E-state index contributed by atoms with van der Waals surface area (Å²) < 4.78 is 27.0. The zero-order chi connectivity index (χ0) is 14.7. The van der Waals surface area contributed by atoms with Gasteiger partial charge in [0.25, 0.3) is 0 Å². The number of anilines is 1. The monoisotopic (exact) mass is 288 g/mol. The molecule has 0 bridgehead atoms. The van der Waals surface area contributed by atoms with Crippen molar-refractivity contribution < 1.29 is 18.6 Å². The van der Waals surface area contributed by atoms with Crippen LogP contribution in [-0.2, 0) is 10.0 Å². The van der Waals surface area contributed by atoms with Gasteiger partial charge in [0.05, 0.1) is 23.6 Å². The number of benzene rings is 1. The summed E-state index contributed by atoms with van der Waals surface area (Å²) in [6.07, 6.45) is 0.264. The van der Waals surface area contributed by atoms with Crippen LogP contribution in [0.4, 0.5) is 5.69 Å². The van der Waals surface area contributed by atoms with Crippen LogP contribution in [0.3, 0.4) is 0 Å². The molecule has 0 saturated carbocycles. The van der Waals surface area contributed by atoms with Crippen molar-refractivity contribution in [2.24, 2.45) is 0 Å². The highest BCUT2D eigenvalue weighted by Gasteiger charge is 2.33. The van der Waals surface area contributed by atoms with E-state index in [1.807, 2.05) is 0 Å². The maximum absolute atomic E-state index is 12.3. The summed E-state index contributed by atoms with van der Waals surface area (Å²) in [5.74, 6) is 0. The SMILES string of the molecule is CCC(CO)(CO)NS(=O)(=O)c1cccc(N)c1C. The molecule has 19 heavy (non-hydrogen) atoms. The minimum absolute atomic E-state index is 0.0484. The van der Waals surface area contributed by atoms with E-state index in [1.54, 1.807) is 26.0 Å². The molecule has 0 amide bonds. The molecular weight excluding hydrogens is 268 g/mol. The molecule has 7 heteroatoms. The maximum atomic E-state index is 12.3. The van der Waals surface area contributed by atoms with E-state index in [9.17, 15) is 18.6 Å². The lowest BCUT2D eigenvalue weighted by Gasteiger charge is -2.29. The molecule has 0 saturated heterocycles. The molecule has 0 aliphatic heterocycles. The van der Waals surface area contributed by atoms with Crippen molar-refractivity contribution in [2.75, 3.05) is 18.9 Å². The molecular formula is C12H20N2O4S. The van der Waals surface area contributed by atoms with Gasteiger partial charge in [0.1, 0.15) is 0 Å². The lowest BCUT2D eigenvalue weighted by molar-refractivity contribution is 0.105. The zero-order valence-electron chi connectivity index (χ0n) is 11.0. The summed E-state index contributed by atoms with van der Waals surface area (Å²) in [4.78, 5) is 0.0484. The number of nitrogens with one attached hydrogen (secondary N) is 1. The fourth-order valence-corrected chi connectivity index (χ4v) is 3.41. The molecule has 0 aliphatic carbocycles. The standard InChI is InChI=1S/C12H20N2O4S/c1-3-12(7-15,8-16)14-19(17,18)11-6-4-5-10(13)9(11)2/h4-6,14-16H,3,7-8,13H2,1-2H3. The first-order chi connectivity index (χ1) is 8.82. The Morgan fingerprint density at radius 2 is 1.89 bits per heavy atom. The van der Waals surface area contributed by atoms with Crippen LogP contribution in [0.5, 0.6) is 0 Å². The van der Waals surface area contributed by atoms with Crippen molar-refractivity contribution in [3.05, 3.63) is 23.8 Å². The number of hydrogen-bond acceptors (Lipinski definition) is 5. The number of nitrogen functional groups attached to an aromatic ring is 1. The fourth-order valence-electron chi connectivity index (χ4n) is 1.67. The van der Waals surface area contributed by atoms with Crippen LogP contribution < -0.4 is 10.5 Å². The number of rotatable bonds is 6. The van der Waals surface area contributed by atoms with Gasteiger partial charge in [0.2, 0.25) is 10.0 Å². The Hall–Kier alpha value is -1.15. The van der Waals surface area contributed by atoms with E-state index in [-0.39, 0.29) is 11.3 Å². The second-order valence-corrected chi connectivity index (χ2v) is 6.18. The maximum Gasteiger partial charge on any atom is 0.241 e. The van der Waals surface area contributed by atoms with E-state index < -0.39 is 28.8 Å². The third-order valence-electron chi connectivity index (χ3n) is 3.25. The molecule has 0 spiro atoms. The molecule has 0 fully saturated rings. The molecule has 0 radical (unpaired) electrons. The first-order valence-electron chi connectivity index (χ1n) is 5.92. The topological polar surface area (TPSA) is 113 Å². The predicted octanol–water partition coefficient (Wildman–Crippen LogP) is -0.0111. The summed E-state index contributed by atoms with van der Waals surface area (Å²) in [6.45, 7) is 2.32. The molecule has 1 aromatic carbocycles. The highest BCUT2D eigenvalue weighted by atomic mass is 32.2. The largest absolute Gasteiger partial charge is 0.398 e. The van der Waals surface area contributed by atoms with E-state index in [4.69, 9.17) is 5.73 Å². The van der Waals surface area contributed by atoms with Gasteiger partial charge in [-0.25, -0.2) is 13.1 Å². The number of aliphatic hydroxyl groups is 2. The van der Waals surface area contributed by atoms with Crippen LogP contribution in [0.1, 0.15) is 18.9 Å². The number of nitrogens with two attached hydrogens (primary N) is 1. The van der Waals surface area contributed by atoms with Crippen LogP contribution in [0.25, 0.3) is 0 Å². The van der Waals surface area contributed by atoms with Gasteiger partial charge in [-0.15, -0.1) is 0 Å². The van der Waals surface area contributed by atoms with Crippen LogP contribution in [0, 0.1) is 6.92 Å². The molecule has 5 N–H and O–H groups in total. The minimum Gasteiger partial charge on any atom is -0.398 e. The second-order valence-electron chi connectivity index (χ2n) is 4.53. The third kappa shape index (κ3) is 3.24. The van der Waals surface area contributed by atoms with Crippen molar-refractivity contribution in [2.45, 2.75) is 30.7 Å². The van der Waals surface area contributed by atoms with E-state index in [0.717, 1.165) is 0 Å². The van der Waals surface area contributed by atoms with Gasteiger partial charge < -0.3 is 15.9 Å². The Labute approximate surface area is 113 Å². The predicted molar refractivity (Wildman–Crippen MR) is 73.1 cm³/mol. The summed E-state index contributed by atoms with van der Waals surface area (Å²) in [6, 6.07) is 4.59. The Balaban J connectivity index is 3.22. The van der Waals surface area contributed by atoms with Crippen molar-refractivity contribution in [1.82, 2.24) is 4.72 Å². The van der Waals surface area contributed by atoms with E-state index in [1.165, 1.54) is 6.07 Å². The highest BCUT2D eigenvalue weighted by Crippen LogP contribution is 2.22. The minimum atomic E-state index is -3.86. The molecule has 108 valence electrons. The van der Waals surface area contributed by atoms with Gasteiger partial charge in [-0.3, -0.25) is 0 Å². The fraction of sp³-hybridized carbons (Fsp3) is 0.500. The van der Waals surface area contributed by atoms with Gasteiger partial charge in [-0.1, -0.05) is 13.0 Å². The van der Waals surface area contributed by atoms with Crippen LogP contribution in [0.15, 0.2) is 23.1 Å². The first kappa shape index (κ1) is 15.9. The van der Waals surface area contributed by atoms with E-state index in [2.05, 4.69) is 4.72 Å². The Kier molecular flexibility index (Phi) is 4.92. The lowest BCUT2D eigenvalue weighted by Crippen LogP contribution is -2.53. The van der Waals surface area contributed by atoms with Crippen molar-refractivity contribution in [1.29, 1.82) is 0 Å². The summed E-state index contributed by atoms with van der Waals surface area (Å²) >= 11 is 0. The molecule has 0 unspecified atom stereocenters. The Morgan fingerprint density at radius 3 is 2.37 bits per heavy atom. The van der Waals surface area contributed by atoms with E-state index in [0.29, 0.717) is 11.3 Å². The summed E-state index contributed by atoms with van der Waals surface area (Å²) in [5, 5.41) is 18.6. The quantitative estimate of drug-likeness (QED) is 0.550. The Bertz CT molecular complexity index is 530. The third-order valence-corrected chi connectivity index (χ3v) is 4.97. The van der Waals surface area contributed by atoms with Gasteiger partial charge in [-0.05, 0) is 31.0 Å². The highest BCUT2D eigenvalue weighted by molar-refractivity contribution is 7.89. The van der Waals surface area contributed by atoms with Crippen molar-refractivity contribution in [3.8, 4) is 0 Å². The molecule has 6 nitrogen and oxygen atoms in total. The van der Waals surface area contributed by atoms with Crippen LogP contribution in [-0.4, -0.2) is 37.4 Å². The van der Waals surface area contributed by atoms with Crippen molar-refractivity contribution in [3.63, 3.8) is 0 Å². The van der Waals surface area contributed by atoms with Gasteiger partial charge in [-0.2, -0.15) is 0 Å². The number of hydrogen-bond donors (Lipinski definition) is 4. The molecule has 0 atom stereocenters. The smallest absolute Gasteiger partial charge is 0.241 e. The molecule has 0 aliphatic rings. The first-order valence-corrected chi connectivity index (χ1v) is 7.41. The van der Waals surface area contributed by atoms with Gasteiger partial charge in [0.15, 0.2) is 0 Å². The summed E-state index contributed by atoms with van der Waals surface area (Å²) in [5.41, 5.74) is 5.23. The molecule has 0 aromatic heterocycles. The number of aliphatic hydroxyl groups excluding tert-OH is 2. The lowest BCUT2D eigenvalue weighted by atomic mass is 10.0. The van der Waals surface area contributed by atoms with Gasteiger partial charge in [0, 0.05) is 5.69 Å². The molecule has 1 aromatic rings. The second kappa shape index (κ2) is 5.87. The average molecular weight is 288 g/mol. The molecule has 1 rings (SSSR count). The molecule has 0 heterocycles. The van der Waals surface area contributed by atoms with Crippen LogP contribution in [0.2, 0.25) is 0 Å². The number of sulfonamides is 1. The normalized spacial score (nSPS) is 12.6. The Morgan fingerprint density at radius 1 is 1.32 bits per heavy atom. The average Bonchev–Trinajstić information content (AvgIpc) is 2.39. The summed E-state index contributed by atoms with van der Waals surface area (Å²) in [7, 11) is -3.86.